The number of piperidine rings is 1. The molecule has 27 heavy (non-hydrogen) atoms. The van der Waals surface area contributed by atoms with Gasteiger partial charge >= 0.3 is 0 Å². The van der Waals surface area contributed by atoms with Gasteiger partial charge in [0.15, 0.2) is 5.82 Å². The van der Waals surface area contributed by atoms with E-state index in [1.807, 2.05) is 4.90 Å². The molecule has 0 spiro atoms. The molecule has 2 aliphatic rings. The number of likely N-dealkylation sites (tertiary alicyclic amines) is 1. The summed E-state index contributed by atoms with van der Waals surface area (Å²) in [6, 6.07) is 3.82. The molecule has 0 aliphatic carbocycles. The van der Waals surface area contributed by atoms with Crippen LogP contribution in [0.15, 0.2) is 22.0 Å². The minimum absolute atomic E-state index is 0.0609. The van der Waals surface area contributed by atoms with Crippen molar-refractivity contribution in [3.8, 4) is 0 Å². The van der Waals surface area contributed by atoms with E-state index in [0.717, 1.165) is 6.42 Å². The van der Waals surface area contributed by atoms with Crippen LogP contribution >= 0.6 is 11.3 Å². The Labute approximate surface area is 161 Å². The van der Waals surface area contributed by atoms with Crippen LogP contribution in [0.4, 0.5) is 5.82 Å². The zero-order valence-electron chi connectivity index (χ0n) is 15.3. The van der Waals surface area contributed by atoms with Crippen LogP contribution in [0.1, 0.15) is 41.6 Å². The lowest BCUT2D eigenvalue weighted by molar-refractivity contribution is -0.137. The average molecular weight is 389 g/mol. The Morgan fingerprint density at radius 1 is 1.37 bits per heavy atom. The Hall–Kier alpha value is -2.19. The molecule has 8 heteroatoms. The lowest BCUT2D eigenvalue weighted by Gasteiger charge is -2.32. The van der Waals surface area contributed by atoms with Gasteiger partial charge in [0.1, 0.15) is 11.9 Å². The molecule has 2 aliphatic heterocycles. The first-order valence-electron chi connectivity index (χ1n) is 9.30. The normalized spacial score (nSPS) is 20.3. The molecule has 0 bridgehead atoms. The largest absolute Gasteiger partial charge is 0.372 e. The molecule has 0 unspecified atom stereocenters. The van der Waals surface area contributed by atoms with E-state index < -0.39 is 0 Å². The summed E-state index contributed by atoms with van der Waals surface area (Å²) in [4.78, 5) is 28.1. The second-order valence-electron chi connectivity index (χ2n) is 7.09. The van der Waals surface area contributed by atoms with Crippen molar-refractivity contribution in [1.29, 1.82) is 0 Å². The van der Waals surface area contributed by atoms with Crippen LogP contribution in [0.5, 0.6) is 0 Å². The van der Waals surface area contributed by atoms with Gasteiger partial charge in [-0.25, -0.2) is 0 Å². The lowest BCUT2D eigenvalue weighted by atomic mass is 9.95. The number of nitrogens with zero attached hydrogens (tertiary/aromatic N) is 2. The van der Waals surface area contributed by atoms with Crippen LogP contribution in [0.25, 0.3) is 0 Å². The summed E-state index contributed by atoms with van der Waals surface area (Å²) >= 11 is 1.67. The quantitative estimate of drug-likeness (QED) is 0.869. The minimum Gasteiger partial charge on any atom is -0.372 e. The SMILES string of the molecule is Cc1cc(NC(=O)C2CCN(C(=O)C[C@H]3OCCc4ccsc43)CC2)no1. The third-order valence-electron chi connectivity index (χ3n) is 5.22. The third-order valence-corrected chi connectivity index (χ3v) is 6.27. The monoisotopic (exact) mass is 389 g/mol. The van der Waals surface area contributed by atoms with E-state index in [1.54, 1.807) is 24.3 Å². The molecule has 1 atom stereocenters. The summed E-state index contributed by atoms with van der Waals surface area (Å²) in [5, 5.41) is 8.64. The van der Waals surface area contributed by atoms with Crippen molar-refractivity contribution in [2.45, 2.75) is 38.7 Å². The molecule has 2 amide bonds. The van der Waals surface area contributed by atoms with Crippen molar-refractivity contribution in [3.63, 3.8) is 0 Å². The van der Waals surface area contributed by atoms with Gasteiger partial charge in [0.2, 0.25) is 11.8 Å². The fraction of sp³-hybridized carbons (Fsp3) is 0.526. The maximum Gasteiger partial charge on any atom is 0.228 e. The molecule has 0 saturated carbocycles. The number of ether oxygens (including phenoxy) is 1. The highest BCUT2D eigenvalue weighted by atomic mass is 32.1. The smallest absolute Gasteiger partial charge is 0.228 e. The van der Waals surface area contributed by atoms with E-state index >= 15 is 0 Å². The van der Waals surface area contributed by atoms with Gasteiger partial charge in [-0.1, -0.05) is 5.16 Å². The van der Waals surface area contributed by atoms with Crippen molar-refractivity contribution < 1.29 is 18.8 Å². The maximum absolute atomic E-state index is 12.7. The van der Waals surface area contributed by atoms with E-state index in [1.165, 1.54) is 10.4 Å². The summed E-state index contributed by atoms with van der Waals surface area (Å²) in [7, 11) is 0. The van der Waals surface area contributed by atoms with Crippen LogP contribution in [0, 0.1) is 12.8 Å². The highest BCUT2D eigenvalue weighted by molar-refractivity contribution is 7.10. The van der Waals surface area contributed by atoms with Gasteiger partial charge in [0.05, 0.1) is 13.0 Å². The van der Waals surface area contributed by atoms with Crippen LogP contribution in [-0.4, -0.2) is 41.6 Å². The summed E-state index contributed by atoms with van der Waals surface area (Å²) in [6.07, 6.45) is 2.49. The van der Waals surface area contributed by atoms with Crippen LogP contribution in [0.2, 0.25) is 0 Å². The first-order valence-corrected chi connectivity index (χ1v) is 10.2. The van der Waals surface area contributed by atoms with Gasteiger partial charge in [-0.05, 0) is 43.2 Å². The summed E-state index contributed by atoms with van der Waals surface area (Å²) in [5.74, 6) is 1.03. The average Bonchev–Trinajstić information content (AvgIpc) is 3.31. The summed E-state index contributed by atoms with van der Waals surface area (Å²) < 4.78 is 10.8. The number of carbonyl (C=O) groups excluding carboxylic acids is 2. The molecule has 1 fully saturated rings. The Morgan fingerprint density at radius 3 is 2.93 bits per heavy atom. The molecular weight excluding hydrogens is 366 g/mol. The fourth-order valence-corrected chi connectivity index (χ4v) is 4.71. The van der Waals surface area contributed by atoms with Crippen molar-refractivity contribution >= 4 is 29.0 Å². The predicted octanol–water partition coefficient (Wildman–Crippen LogP) is 2.93. The molecule has 144 valence electrons. The number of hydrogen-bond acceptors (Lipinski definition) is 6. The number of carbonyl (C=O) groups is 2. The maximum atomic E-state index is 12.7. The number of nitrogens with one attached hydrogen (secondary N) is 1. The van der Waals surface area contributed by atoms with Crippen LogP contribution < -0.4 is 5.32 Å². The first-order chi connectivity index (χ1) is 13.1. The van der Waals surface area contributed by atoms with E-state index in [4.69, 9.17) is 9.26 Å². The molecule has 0 radical (unpaired) electrons. The molecule has 1 saturated heterocycles. The van der Waals surface area contributed by atoms with Gasteiger partial charge < -0.3 is 19.5 Å². The van der Waals surface area contributed by atoms with E-state index in [9.17, 15) is 9.59 Å². The Morgan fingerprint density at radius 2 is 2.19 bits per heavy atom. The number of aryl methyl sites for hydroxylation is 1. The molecule has 1 N–H and O–H groups in total. The number of anilines is 1. The number of aromatic nitrogens is 1. The van der Waals surface area contributed by atoms with Gasteiger partial charge in [-0.2, -0.15) is 0 Å². The van der Waals surface area contributed by atoms with Crippen molar-refractivity contribution in [3.05, 3.63) is 33.7 Å². The number of rotatable bonds is 4. The highest BCUT2D eigenvalue weighted by Crippen LogP contribution is 2.34. The molecule has 2 aromatic heterocycles. The zero-order chi connectivity index (χ0) is 18.8. The lowest BCUT2D eigenvalue weighted by Crippen LogP contribution is -2.42. The van der Waals surface area contributed by atoms with E-state index in [2.05, 4.69) is 21.9 Å². The first kappa shape index (κ1) is 18.2. The van der Waals surface area contributed by atoms with Gasteiger partial charge in [0.25, 0.3) is 0 Å². The molecule has 2 aromatic rings. The van der Waals surface area contributed by atoms with Gasteiger partial charge in [-0.15, -0.1) is 11.3 Å². The van der Waals surface area contributed by atoms with Crippen molar-refractivity contribution in [1.82, 2.24) is 10.1 Å². The molecule has 0 aromatic carbocycles. The third kappa shape index (κ3) is 4.06. The van der Waals surface area contributed by atoms with Crippen molar-refractivity contribution in [2.24, 2.45) is 5.92 Å². The number of hydrogen-bond donors (Lipinski definition) is 1. The Kier molecular flexibility index (Phi) is 5.27. The number of fused-ring (bicyclic) bond motifs is 1. The predicted molar refractivity (Wildman–Crippen MR) is 101 cm³/mol. The van der Waals surface area contributed by atoms with Crippen molar-refractivity contribution in [2.75, 3.05) is 25.0 Å². The van der Waals surface area contributed by atoms with Gasteiger partial charge in [-0.3, -0.25) is 9.59 Å². The zero-order valence-corrected chi connectivity index (χ0v) is 16.1. The minimum atomic E-state index is -0.127. The highest BCUT2D eigenvalue weighted by Gasteiger charge is 2.31. The molecular formula is C19H23N3O4S. The standard InChI is InChI=1S/C19H23N3O4S/c1-12-10-16(21-26-12)20-19(24)14-2-6-22(7-3-14)17(23)11-15-18-13(4-8-25-15)5-9-27-18/h5,9-10,14-15H,2-4,6-8,11H2,1H3,(H,20,21,24)/t15-/m1/s1. The second kappa shape index (κ2) is 7.82. The second-order valence-corrected chi connectivity index (χ2v) is 8.04. The molecule has 7 nitrogen and oxygen atoms in total. The topological polar surface area (TPSA) is 84.7 Å². The molecule has 4 heterocycles. The number of thiophene rings is 1. The fourth-order valence-electron chi connectivity index (χ4n) is 3.71. The van der Waals surface area contributed by atoms with E-state index in [-0.39, 0.29) is 23.8 Å². The number of amides is 2. The van der Waals surface area contributed by atoms with Gasteiger partial charge in [0, 0.05) is 30.0 Å². The summed E-state index contributed by atoms with van der Waals surface area (Å²) in [5.41, 5.74) is 1.31. The van der Waals surface area contributed by atoms with Crippen LogP contribution in [0.3, 0.4) is 0 Å². The van der Waals surface area contributed by atoms with Crippen LogP contribution in [-0.2, 0) is 20.7 Å². The molecule has 4 rings (SSSR count). The Balaban J connectivity index is 1.28. The van der Waals surface area contributed by atoms with E-state index in [0.29, 0.717) is 50.5 Å². The Bertz CT molecular complexity index is 823. The summed E-state index contributed by atoms with van der Waals surface area (Å²) in [6.45, 7) is 3.64.